The van der Waals surface area contributed by atoms with Gasteiger partial charge in [-0.25, -0.2) is 14.8 Å². The molecule has 0 spiro atoms. The number of carbonyl (C=O) groups is 1. The molecule has 0 atom stereocenters. The Morgan fingerprint density at radius 2 is 2.27 bits per heavy atom. The molecule has 0 radical (unpaired) electrons. The lowest BCUT2D eigenvalue weighted by Gasteiger charge is -1.99. The average Bonchev–Trinajstić information content (AvgIpc) is 2.56. The van der Waals surface area contributed by atoms with E-state index in [1.165, 1.54) is 13.4 Å². The maximum atomic E-state index is 10.9. The first-order chi connectivity index (χ1) is 7.15. The summed E-state index contributed by atoms with van der Waals surface area (Å²) in [6, 6.07) is 0. The second kappa shape index (κ2) is 3.47. The van der Waals surface area contributed by atoms with Gasteiger partial charge in [-0.15, -0.1) is 11.3 Å². The molecule has 15 heavy (non-hydrogen) atoms. The summed E-state index contributed by atoms with van der Waals surface area (Å²) < 4.78 is 5.06. The van der Waals surface area contributed by atoms with Crippen LogP contribution in [-0.4, -0.2) is 28.2 Å². The minimum absolute atomic E-state index is 0.281. The van der Waals surface area contributed by atoms with Crippen LogP contribution in [0.15, 0.2) is 6.33 Å². The van der Waals surface area contributed by atoms with Crippen LogP contribution in [-0.2, 0) is 0 Å². The Morgan fingerprint density at radius 1 is 1.53 bits per heavy atom. The molecule has 0 bridgehead atoms. The number of methoxy groups -OCH3 is 1. The Bertz CT molecular complexity index is 535. The molecular weight excluding hydrogens is 216 g/mol. The number of nitrogens with zero attached hydrogens (tertiary/aromatic N) is 2. The van der Waals surface area contributed by atoms with Gasteiger partial charge in [-0.05, 0) is 12.5 Å². The molecule has 0 amide bonds. The zero-order chi connectivity index (χ0) is 11.0. The molecule has 0 unspecified atom stereocenters. The highest BCUT2D eigenvalue weighted by Crippen LogP contribution is 2.33. The highest BCUT2D eigenvalue weighted by molar-refractivity contribution is 7.20. The Morgan fingerprint density at radius 3 is 2.87 bits per heavy atom. The second-order valence-electron chi connectivity index (χ2n) is 2.92. The molecule has 78 valence electrons. The minimum Gasteiger partial charge on any atom is -0.480 e. The van der Waals surface area contributed by atoms with E-state index in [0.717, 1.165) is 11.3 Å². The van der Waals surface area contributed by atoms with Crippen molar-refractivity contribution in [2.75, 3.05) is 7.11 Å². The molecule has 0 fully saturated rings. The monoisotopic (exact) mass is 224 g/mol. The van der Waals surface area contributed by atoms with Gasteiger partial charge in [0.05, 0.1) is 12.5 Å². The van der Waals surface area contributed by atoms with E-state index in [9.17, 15) is 4.79 Å². The summed E-state index contributed by atoms with van der Waals surface area (Å²) in [5.41, 5.74) is 0.653. The molecule has 0 aliphatic heterocycles. The number of hydrogen-bond donors (Lipinski definition) is 1. The van der Waals surface area contributed by atoms with Crippen LogP contribution < -0.4 is 4.74 Å². The van der Waals surface area contributed by atoms with Gasteiger partial charge in [0.15, 0.2) is 0 Å². The molecule has 0 aromatic carbocycles. The number of ether oxygens (including phenoxy) is 1. The summed E-state index contributed by atoms with van der Waals surface area (Å²) >= 11 is 1.13. The van der Waals surface area contributed by atoms with E-state index in [0.29, 0.717) is 21.7 Å². The number of carboxylic acid groups (broad SMARTS) is 1. The number of carboxylic acids is 1. The standard InChI is InChI=1S/C9H8N2O3S/c1-4-5-7(14-2)10-3-11-8(5)15-6(4)9(12)13/h3H,1-2H3,(H,12,13). The Hall–Kier alpha value is -1.69. The maximum absolute atomic E-state index is 10.9. The lowest BCUT2D eigenvalue weighted by molar-refractivity contribution is 0.0701. The summed E-state index contributed by atoms with van der Waals surface area (Å²) in [5, 5.41) is 9.63. The van der Waals surface area contributed by atoms with Crippen molar-refractivity contribution in [1.29, 1.82) is 0 Å². The van der Waals surface area contributed by atoms with Crippen molar-refractivity contribution in [3.8, 4) is 5.88 Å². The first-order valence-corrected chi connectivity index (χ1v) is 4.98. The Labute approximate surface area is 89.4 Å². The third kappa shape index (κ3) is 1.42. The molecule has 6 heteroatoms. The van der Waals surface area contributed by atoms with Gasteiger partial charge >= 0.3 is 5.97 Å². The molecule has 1 N–H and O–H groups in total. The number of aromatic nitrogens is 2. The van der Waals surface area contributed by atoms with Gasteiger partial charge in [0.1, 0.15) is 16.0 Å². The fourth-order valence-corrected chi connectivity index (χ4v) is 2.38. The zero-order valence-corrected chi connectivity index (χ0v) is 8.96. The van der Waals surface area contributed by atoms with Crippen LogP contribution in [0.3, 0.4) is 0 Å². The lowest BCUT2D eigenvalue weighted by Crippen LogP contribution is -1.94. The number of rotatable bonds is 2. The number of fused-ring (bicyclic) bond motifs is 1. The summed E-state index contributed by atoms with van der Waals surface area (Å²) in [5.74, 6) is -0.529. The molecule has 0 saturated carbocycles. The Kier molecular flexibility index (Phi) is 2.28. The van der Waals surface area contributed by atoms with E-state index >= 15 is 0 Å². The molecule has 2 heterocycles. The van der Waals surface area contributed by atoms with Crippen molar-refractivity contribution < 1.29 is 14.6 Å². The van der Waals surface area contributed by atoms with Crippen molar-refractivity contribution in [2.24, 2.45) is 0 Å². The number of thiophene rings is 1. The van der Waals surface area contributed by atoms with E-state index in [1.807, 2.05) is 0 Å². The highest BCUT2D eigenvalue weighted by atomic mass is 32.1. The molecule has 2 aromatic rings. The molecule has 2 aromatic heterocycles. The van der Waals surface area contributed by atoms with E-state index < -0.39 is 5.97 Å². The SMILES string of the molecule is COc1ncnc2sc(C(=O)O)c(C)c12. The van der Waals surface area contributed by atoms with E-state index in [4.69, 9.17) is 9.84 Å². The topological polar surface area (TPSA) is 72.3 Å². The maximum Gasteiger partial charge on any atom is 0.346 e. The lowest BCUT2D eigenvalue weighted by atomic mass is 10.2. The largest absolute Gasteiger partial charge is 0.480 e. The van der Waals surface area contributed by atoms with E-state index in [1.54, 1.807) is 6.92 Å². The molecule has 0 aliphatic rings. The van der Waals surface area contributed by atoms with Crippen molar-refractivity contribution in [3.05, 3.63) is 16.8 Å². The van der Waals surface area contributed by atoms with Crippen LogP contribution in [0.4, 0.5) is 0 Å². The highest BCUT2D eigenvalue weighted by Gasteiger charge is 2.18. The fraction of sp³-hybridized carbons (Fsp3) is 0.222. The van der Waals surface area contributed by atoms with Crippen molar-refractivity contribution in [3.63, 3.8) is 0 Å². The van der Waals surface area contributed by atoms with Gasteiger partial charge in [0, 0.05) is 0 Å². The summed E-state index contributed by atoms with van der Waals surface area (Å²) in [7, 11) is 1.50. The first-order valence-electron chi connectivity index (χ1n) is 4.16. The van der Waals surface area contributed by atoms with Gasteiger partial charge in [-0.2, -0.15) is 0 Å². The zero-order valence-electron chi connectivity index (χ0n) is 8.14. The predicted octanol–water partition coefficient (Wildman–Crippen LogP) is 1.71. The summed E-state index contributed by atoms with van der Waals surface area (Å²) in [6.07, 6.45) is 1.36. The van der Waals surface area contributed by atoms with Crippen LogP contribution in [0.2, 0.25) is 0 Å². The first kappa shape index (κ1) is 9.85. The van der Waals surface area contributed by atoms with Gasteiger partial charge in [0.25, 0.3) is 0 Å². The number of aromatic carboxylic acids is 1. The van der Waals surface area contributed by atoms with Crippen LogP contribution in [0, 0.1) is 6.92 Å². The molecule has 5 nitrogen and oxygen atoms in total. The molecule has 0 saturated heterocycles. The van der Waals surface area contributed by atoms with Crippen molar-refractivity contribution >= 4 is 27.5 Å². The predicted molar refractivity (Wildman–Crippen MR) is 55.7 cm³/mol. The van der Waals surface area contributed by atoms with E-state index in [-0.39, 0.29) is 4.88 Å². The normalized spacial score (nSPS) is 10.5. The van der Waals surface area contributed by atoms with E-state index in [2.05, 4.69) is 9.97 Å². The van der Waals surface area contributed by atoms with Gasteiger partial charge in [-0.1, -0.05) is 0 Å². The minimum atomic E-state index is -0.947. The Balaban J connectivity index is 2.82. The quantitative estimate of drug-likeness (QED) is 0.840. The molecule has 2 rings (SSSR count). The summed E-state index contributed by atoms with van der Waals surface area (Å²) in [6.45, 7) is 1.73. The fourth-order valence-electron chi connectivity index (χ4n) is 1.40. The molecular formula is C9H8N2O3S. The average molecular weight is 224 g/mol. The smallest absolute Gasteiger partial charge is 0.346 e. The van der Waals surface area contributed by atoms with Gasteiger partial charge < -0.3 is 9.84 Å². The van der Waals surface area contributed by atoms with Crippen LogP contribution in [0.1, 0.15) is 15.2 Å². The number of aryl methyl sites for hydroxylation is 1. The van der Waals surface area contributed by atoms with Crippen molar-refractivity contribution in [2.45, 2.75) is 6.92 Å². The third-order valence-electron chi connectivity index (χ3n) is 2.08. The van der Waals surface area contributed by atoms with Gasteiger partial charge in [-0.3, -0.25) is 0 Å². The number of hydrogen-bond acceptors (Lipinski definition) is 5. The second-order valence-corrected chi connectivity index (χ2v) is 3.92. The van der Waals surface area contributed by atoms with Gasteiger partial charge in [0.2, 0.25) is 5.88 Å². The third-order valence-corrected chi connectivity index (χ3v) is 3.27. The van der Waals surface area contributed by atoms with Crippen LogP contribution in [0.25, 0.3) is 10.2 Å². The van der Waals surface area contributed by atoms with Crippen LogP contribution >= 0.6 is 11.3 Å². The summed E-state index contributed by atoms with van der Waals surface area (Å²) in [4.78, 5) is 19.8. The van der Waals surface area contributed by atoms with Crippen molar-refractivity contribution in [1.82, 2.24) is 9.97 Å². The molecule has 0 aliphatic carbocycles. The van der Waals surface area contributed by atoms with Crippen LogP contribution in [0.5, 0.6) is 5.88 Å².